The highest BCUT2D eigenvalue weighted by Crippen LogP contribution is 2.26. The van der Waals surface area contributed by atoms with Crippen molar-refractivity contribution in [2.75, 3.05) is 13.2 Å². The van der Waals surface area contributed by atoms with E-state index in [2.05, 4.69) is 27.7 Å². The average molecular weight is 513 g/mol. The normalized spacial score (nSPS) is 12.0. The van der Waals surface area contributed by atoms with Crippen molar-refractivity contribution in [2.24, 2.45) is 0 Å². The Bertz CT molecular complexity index is 382. The molecule has 0 aliphatic carbocycles. The van der Waals surface area contributed by atoms with E-state index in [0.717, 1.165) is 13.2 Å². The molecule has 0 rings (SSSR count). The summed E-state index contributed by atoms with van der Waals surface area (Å²) < 4.78 is 12.8. The highest BCUT2D eigenvalue weighted by atomic mass is 28.4. The van der Waals surface area contributed by atoms with Crippen molar-refractivity contribution in [3.05, 3.63) is 0 Å². The minimum absolute atomic E-state index is 0.822. The van der Waals surface area contributed by atoms with Crippen molar-refractivity contribution < 1.29 is 8.85 Å². The SMILES string of the molecule is CCCCCCCCCCCCCCCC[Si](CCCCCCCCCCCC)(OCC)OCC. The summed E-state index contributed by atoms with van der Waals surface area (Å²) in [5.41, 5.74) is 0. The smallest absolute Gasteiger partial charge is 0.338 e. The van der Waals surface area contributed by atoms with E-state index in [4.69, 9.17) is 8.85 Å². The van der Waals surface area contributed by atoms with Crippen molar-refractivity contribution in [1.29, 1.82) is 0 Å². The number of hydrogen-bond donors (Lipinski definition) is 0. The van der Waals surface area contributed by atoms with Crippen LogP contribution < -0.4 is 0 Å². The van der Waals surface area contributed by atoms with Gasteiger partial charge in [0.25, 0.3) is 0 Å². The first kappa shape index (κ1) is 35.1. The van der Waals surface area contributed by atoms with Crippen molar-refractivity contribution in [3.8, 4) is 0 Å². The molecule has 3 heteroatoms. The summed E-state index contributed by atoms with van der Waals surface area (Å²) in [6.07, 6.45) is 33.9. The molecule has 0 amide bonds. The van der Waals surface area contributed by atoms with E-state index >= 15 is 0 Å². The molecule has 35 heavy (non-hydrogen) atoms. The van der Waals surface area contributed by atoms with Crippen LogP contribution in [0.15, 0.2) is 0 Å². The van der Waals surface area contributed by atoms with Crippen molar-refractivity contribution >= 4 is 8.56 Å². The van der Waals surface area contributed by atoms with E-state index in [1.807, 2.05) is 0 Å². The molecule has 0 heterocycles. The predicted octanol–water partition coefficient (Wildman–Crippen LogP) is 11.9. The van der Waals surface area contributed by atoms with Gasteiger partial charge >= 0.3 is 8.56 Å². The maximum absolute atomic E-state index is 6.38. The Morgan fingerprint density at radius 3 is 0.771 bits per heavy atom. The van der Waals surface area contributed by atoms with Gasteiger partial charge in [-0.25, -0.2) is 0 Å². The molecule has 0 aliphatic heterocycles. The zero-order valence-corrected chi connectivity index (χ0v) is 26.1. The molecule has 0 aromatic rings. The number of hydrogen-bond acceptors (Lipinski definition) is 2. The minimum atomic E-state index is -1.99. The summed E-state index contributed by atoms with van der Waals surface area (Å²) in [7, 11) is -1.99. The van der Waals surface area contributed by atoms with Crippen molar-refractivity contribution in [2.45, 2.75) is 194 Å². The zero-order chi connectivity index (χ0) is 25.7. The van der Waals surface area contributed by atoms with E-state index in [-0.39, 0.29) is 0 Å². The fourth-order valence-electron chi connectivity index (χ4n) is 5.45. The van der Waals surface area contributed by atoms with E-state index in [1.54, 1.807) is 0 Å². The van der Waals surface area contributed by atoms with Gasteiger partial charge in [0.2, 0.25) is 0 Å². The second kappa shape index (κ2) is 28.7. The van der Waals surface area contributed by atoms with Crippen LogP contribution in [0.3, 0.4) is 0 Å². The average Bonchev–Trinajstić information content (AvgIpc) is 2.85. The van der Waals surface area contributed by atoms with Gasteiger partial charge in [-0.15, -0.1) is 0 Å². The van der Waals surface area contributed by atoms with Crippen molar-refractivity contribution in [3.63, 3.8) is 0 Å². The van der Waals surface area contributed by atoms with E-state index in [1.165, 1.54) is 166 Å². The Morgan fingerprint density at radius 1 is 0.314 bits per heavy atom. The van der Waals surface area contributed by atoms with Gasteiger partial charge in [0.1, 0.15) is 0 Å². The van der Waals surface area contributed by atoms with Gasteiger partial charge in [-0.3, -0.25) is 0 Å². The molecular weight excluding hydrogens is 444 g/mol. The molecule has 0 saturated carbocycles. The van der Waals surface area contributed by atoms with Crippen LogP contribution in [-0.4, -0.2) is 21.8 Å². The third kappa shape index (κ3) is 24.2. The Balaban J connectivity index is 3.82. The largest absolute Gasteiger partial charge is 0.394 e. The number of rotatable bonds is 30. The first-order chi connectivity index (χ1) is 17.2. The van der Waals surface area contributed by atoms with Gasteiger partial charge in [0.15, 0.2) is 0 Å². The van der Waals surface area contributed by atoms with Crippen LogP contribution in [0.5, 0.6) is 0 Å². The maximum atomic E-state index is 6.38. The fourth-order valence-corrected chi connectivity index (χ4v) is 8.99. The van der Waals surface area contributed by atoms with Crippen LogP contribution in [-0.2, 0) is 8.85 Å². The summed E-state index contributed by atoms with van der Waals surface area (Å²) >= 11 is 0. The van der Waals surface area contributed by atoms with Crippen LogP contribution in [0.25, 0.3) is 0 Å². The monoisotopic (exact) mass is 512 g/mol. The Labute approximate surface area is 224 Å². The van der Waals surface area contributed by atoms with E-state index in [9.17, 15) is 0 Å². The lowest BCUT2D eigenvalue weighted by Gasteiger charge is -2.30. The first-order valence-electron chi connectivity index (χ1n) is 16.5. The third-order valence-electron chi connectivity index (χ3n) is 7.64. The quantitative estimate of drug-likeness (QED) is 0.0703. The predicted molar refractivity (Wildman–Crippen MR) is 161 cm³/mol. The summed E-state index contributed by atoms with van der Waals surface area (Å²) in [4.78, 5) is 0. The molecule has 0 aromatic carbocycles. The summed E-state index contributed by atoms with van der Waals surface area (Å²) in [6, 6.07) is 2.42. The zero-order valence-electron chi connectivity index (χ0n) is 25.1. The molecule has 0 fully saturated rings. The van der Waals surface area contributed by atoms with Gasteiger partial charge in [-0.2, -0.15) is 0 Å². The topological polar surface area (TPSA) is 18.5 Å². The minimum Gasteiger partial charge on any atom is -0.394 e. The second-order valence-electron chi connectivity index (χ2n) is 11.1. The van der Waals surface area contributed by atoms with Crippen LogP contribution in [0.4, 0.5) is 0 Å². The van der Waals surface area contributed by atoms with Crippen LogP contribution >= 0.6 is 0 Å². The van der Waals surface area contributed by atoms with Gasteiger partial charge in [-0.05, 0) is 25.9 Å². The Kier molecular flexibility index (Phi) is 28.8. The van der Waals surface area contributed by atoms with Crippen LogP contribution in [0, 0.1) is 0 Å². The lowest BCUT2D eigenvalue weighted by atomic mass is 10.0. The lowest BCUT2D eigenvalue weighted by molar-refractivity contribution is 0.180. The lowest BCUT2D eigenvalue weighted by Crippen LogP contribution is -2.42. The molecule has 0 atom stereocenters. The second-order valence-corrected chi connectivity index (χ2v) is 14.5. The molecule has 0 spiro atoms. The third-order valence-corrected chi connectivity index (χ3v) is 11.5. The molecule has 0 radical (unpaired) electrons. The summed E-state index contributed by atoms with van der Waals surface area (Å²) in [5, 5.41) is 0. The Morgan fingerprint density at radius 2 is 0.543 bits per heavy atom. The molecule has 0 aliphatic rings. The van der Waals surface area contributed by atoms with Gasteiger partial charge in [0, 0.05) is 13.2 Å². The van der Waals surface area contributed by atoms with E-state index in [0.29, 0.717) is 0 Å². The molecule has 0 aromatic heterocycles. The molecule has 0 unspecified atom stereocenters. The van der Waals surface area contributed by atoms with Gasteiger partial charge < -0.3 is 8.85 Å². The van der Waals surface area contributed by atoms with Crippen LogP contribution in [0.2, 0.25) is 12.1 Å². The number of unbranched alkanes of at least 4 members (excludes halogenated alkanes) is 22. The fraction of sp³-hybridized carbons (Fsp3) is 1.00. The molecular formula is C32H68O2Si. The van der Waals surface area contributed by atoms with Crippen molar-refractivity contribution in [1.82, 2.24) is 0 Å². The maximum Gasteiger partial charge on any atom is 0.338 e. The van der Waals surface area contributed by atoms with Gasteiger partial charge in [-0.1, -0.05) is 168 Å². The van der Waals surface area contributed by atoms with Crippen LogP contribution in [0.1, 0.15) is 182 Å². The highest BCUT2D eigenvalue weighted by molar-refractivity contribution is 6.67. The van der Waals surface area contributed by atoms with Gasteiger partial charge in [0.05, 0.1) is 0 Å². The first-order valence-corrected chi connectivity index (χ1v) is 18.8. The summed E-state index contributed by atoms with van der Waals surface area (Å²) in [5.74, 6) is 0. The molecule has 0 saturated heterocycles. The molecule has 0 bridgehead atoms. The summed E-state index contributed by atoms with van der Waals surface area (Å²) in [6.45, 7) is 10.6. The highest BCUT2D eigenvalue weighted by Gasteiger charge is 2.35. The molecule has 212 valence electrons. The van der Waals surface area contributed by atoms with E-state index < -0.39 is 8.56 Å². The standard InChI is InChI=1S/C32H68O2Si/c1-5-9-11-13-15-17-19-20-21-22-24-26-28-30-32-35(33-7-3,34-8-4)31-29-27-25-23-18-16-14-12-10-6-2/h5-32H2,1-4H3. The Hall–Kier alpha value is 0.137. The molecule has 0 N–H and O–H groups in total. The molecule has 2 nitrogen and oxygen atoms in total.